The topological polar surface area (TPSA) is 97.0 Å². The van der Waals surface area contributed by atoms with Crippen molar-refractivity contribution in [1.82, 2.24) is 10.6 Å². The highest BCUT2D eigenvalue weighted by molar-refractivity contribution is 7.80. The summed E-state index contributed by atoms with van der Waals surface area (Å²) in [5.74, 6) is 0.0931. The van der Waals surface area contributed by atoms with Crippen molar-refractivity contribution in [2.75, 3.05) is 13.7 Å². The van der Waals surface area contributed by atoms with Gasteiger partial charge in [0.05, 0.1) is 30.8 Å². The van der Waals surface area contributed by atoms with Crippen molar-refractivity contribution < 1.29 is 23.9 Å². The second kappa shape index (κ2) is 15.4. The number of thiocarbonyl (C=S) groups is 1. The zero-order valence-electron chi connectivity index (χ0n) is 25.8. The summed E-state index contributed by atoms with van der Waals surface area (Å²) in [6.45, 7) is 10.3. The van der Waals surface area contributed by atoms with Gasteiger partial charge in [0.2, 0.25) is 5.91 Å². The van der Waals surface area contributed by atoms with E-state index in [1.54, 1.807) is 14.0 Å². The van der Waals surface area contributed by atoms with Gasteiger partial charge in [-0.05, 0) is 61.3 Å². The molecule has 0 aliphatic carbocycles. The molecular formula is C34H46N2O5S. The minimum Gasteiger partial charge on any atom is -0.497 e. The predicted octanol–water partition coefficient (Wildman–Crippen LogP) is 5.28. The number of rotatable bonds is 17. The first kappa shape index (κ1) is 33.4. The monoisotopic (exact) mass is 594 g/mol. The quantitative estimate of drug-likeness (QED) is 0.190. The summed E-state index contributed by atoms with van der Waals surface area (Å²) in [4.78, 5) is 41.4. The molecule has 8 heteroatoms. The molecule has 1 aliphatic rings. The van der Waals surface area contributed by atoms with Crippen LogP contribution in [-0.4, -0.2) is 53.9 Å². The number of amides is 1. The number of hydrogen-bond donors (Lipinski definition) is 2. The Morgan fingerprint density at radius 1 is 0.905 bits per heavy atom. The Morgan fingerprint density at radius 3 is 2.05 bits per heavy atom. The Balaban J connectivity index is 1.76. The van der Waals surface area contributed by atoms with Crippen molar-refractivity contribution >= 4 is 34.7 Å². The van der Waals surface area contributed by atoms with E-state index in [2.05, 4.69) is 24.5 Å². The van der Waals surface area contributed by atoms with E-state index in [1.165, 1.54) is 0 Å². The third-order valence-electron chi connectivity index (χ3n) is 7.54. The average molecular weight is 595 g/mol. The molecule has 1 aliphatic heterocycles. The smallest absolute Gasteiger partial charge is 0.224 e. The number of benzene rings is 2. The molecule has 4 atom stereocenters. The van der Waals surface area contributed by atoms with Crippen molar-refractivity contribution in [3.63, 3.8) is 0 Å². The van der Waals surface area contributed by atoms with Crippen molar-refractivity contribution in [2.45, 2.75) is 84.4 Å². The van der Waals surface area contributed by atoms with Crippen LogP contribution in [0.25, 0.3) is 0 Å². The molecule has 2 N–H and O–H groups in total. The highest BCUT2D eigenvalue weighted by Crippen LogP contribution is 2.30. The van der Waals surface area contributed by atoms with Crippen molar-refractivity contribution in [3.05, 3.63) is 65.7 Å². The van der Waals surface area contributed by atoms with E-state index < -0.39 is 23.6 Å². The van der Waals surface area contributed by atoms with Gasteiger partial charge < -0.3 is 20.1 Å². The van der Waals surface area contributed by atoms with Crippen LogP contribution in [-0.2, 0) is 32.0 Å². The van der Waals surface area contributed by atoms with E-state index in [0.717, 1.165) is 16.9 Å². The van der Waals surface area contributed by atoms with E-state index in [1.807, 2.05) is 68.4 Å². The molecule has 0 spiro atoms. The number of carbonyl (C=O) groups excluding carboxylic acids is 3. The molecule has 228 valence electrons. The van der Waals surface area contributed by atoms with Gasteiger partial charge in [0.1, 0.15) is 11.4 Å². The van der Waals surface area contributed by atoms with Crippen LogP contribution >= 0.6 is 12.2 Å². The molecule has 42 heavy (non-hydrogen) atoms. The fraction of sp³-hybridized carbons (Fsp3) is 0.529. The SMILES string of the molecule is COc1ccc(CC(=S)N[C@@H](CC(C)C)C(=O)C[C@@H](Cc2ccccc2)C(=O)N[C@@H](CC(C)C)C(=O)[C@@]2(C)CO2)cc1. The maximum atomic E-state index is 13.8. The Hall–Kier alpha value is -3.10. The van der Waals surface area contributed by atoms with Crippen LogP contribution in [0.4, 0.5) is 0 Å². The van der Waals surface area contributed by atoms with Crippen LogP contribution in [0.15, 0.2) is 54.6 Å². The van der Waals surface area contributed by atoms with Crippen molar-refractivity contribution in [1.29, 1.82) is 0 Å². The molecular weight excluding hydrogens is 548 g/mol. The van der Waals surface area contributed by atoms with Crippen LogP contribution in [0.1, 0.15) is 65.0 Å². The van der Waals surface area contributed by atoms with Gasteiger partial charge in [-0.15, -0.1) is 0 Å². The van der Waals surface area contributed by atoms with Gasteiger partial charge in [0, 0.05) is 18.8 Å². The highest BCUT2D eigenvalue weighted by atomic mass is 32.1. The molecule has 0 radical (unpaired) electrons. The van der Waals surface area contributed by atoms with Gasteiger partial charge in [-0.25, -0.2) is 0 Å². The number of ether oxygens (including phenoxy) is 2. The highest BCUT2D eigenvalue weighted by Gasteiger charge is 2.50. The second-order valence-electron chi connectivity index (χ2n) is 12.4. The standard InChI is InChI=1S/C34H46N2O5S/c1-22(2)16-28(35-31(42)19-25-12-14-27(40-6)15-13-25)30(37)20-26(18-24-10-8-7-9-11-24)33(39)36-29(17-23(3)4)32(38)34(5)21-41-34/h7-15,22-23,26,28-29H,16-21H2,1-6H3,(H,35,42)(H,36,39)/t26-,28+,29+,34-/m1/s1. The summed E-state index contributed by atoms with van der Waals surface area (Å²) in [6, 6.07) is 16.2. The zero-order chi connectivity index (χ0) is 30.9. The third-order valence-corrected chi connectivity index (χ3v) is 7.80. The Bertz CT molecular complexity index is 1210. The molecule has 0 unspecified atom stereocenters. The van der Waals surface area contributed by atoms with Crippen LogP contribution in [0.3, 0.4) is 0 Å². The molecule has 1 amide bonds. The van der Waals surface area contributed by atoms with Crippen LogP contribution in [0.2, 0.25) is 0 Å². The van der Waals surface area contributed by atoms with Gasteiger partial charge in [-0.3, -0.25) is 14.4 Å². The lowest BCUT2D eigenvalue weighted by molar-refractivity contribution is -0.134. The number of carbonyl (C=O) groups is 3. The summed E-state index contributed by atoms with van der Waals surface area (Å²) < 4.78 is 10.6. The lowest BCUT2D eigenvalue weighted by Crippen LogP contribution is -2.50. The zero-order valence-corrected chi connectivity index (χ0v) is 26.6. The van der Waals surface area contributed by atoms with E-state index in [-0.39, 0.29) is 35.7 Å². The molecule has 1 heterocycles. The lowest BCUT2D eigenvalue weighted by atomic mass is 9.88. The number of nitrogens with one attached hydrogen (secondary N) is 2. The number of Topliss-reactive ketones (excluding diaryl/α,β-unsaturated/α-hetero) is 2. The molecule has 1 saturated heterocycles. The first-order chi connectivity index (χ1) is 19.9. The number of ketones is 2. The Morgan fingerprint density at radius 2 is 1.50 bits per heavy atom. The normalized spacial score (nSPS) is 18.2. The largest absolute Gasteiger partial charge is 0.497 e. The Kier molecular flexibility index (Phi) is 12.2. The van der Waals surface area contributed by atoms with Gasteiger partial charge in [-0.2, -0.15) is 0 Å². The maximum Gasteiger partial charge on any atom is 0.224 e. The molecule has 0 aromatic heterocycles. The fourth-order valence-electron chi connectivity index (χ4n) is 5.07. The first-order valence-corrected chi connectivity index (χ1v) is 15.3. The van der Waals surface area contributed by atoms with E-state index in [9.17, 15) is 14.4 Å². The van der Waals surface area contributed by atoms with Gasteiger partial charge >= 0.3 is 0 Å². The summed E-state index contributed by atoms with van der Waals surface area (Å²) in [5, 5.41) is 6.30. The molecule has 0 saturated carbocycles. The van der Waals surface area contributed by atoms with Crippen molar-refractivity contribution in [2.24, 2.45) is 17.8 Å². The first-order valence-electron chi connectivity index (χ1n) is 14.9. The maximum absolute atomic E-state index is 13.8. The average Bonchev–Trinajstić information content (AvgIpc) is 3.70. The summed E-state index contributed by atoms with van der Waals surface area (Å²) in [6.07, 6.45) is 2.01. The molecule has 2 aromatic carbocycles. The van der Waals surface area contributed by atoms with Crippen LogP contribution in [0, 0.1) is 17.8 Å². The summed E-state index contributed by atoms with van der Waals surface area (Å²) in [5.41, 5.74) is 1.13. The minimum atomic E-state index is -0.844. The van der Waals surface area contributed by atoms with Gasteiger partial charge in [0.15, 0.2) is 11.6 Å². The summed E-state index contributed by atoms with van der Waals surface area (Å²) >= 11 is 5.66. The summed E-state index contributed by atoms with van der Waals surface area (Å²) in [7, 11) is 1.62. The molecule has 2 aromatic rings. The van der Waals surface area contributed by atoms with E-state index in [4.69, 9.17) is 21.7 Å². The second-order valence-corrected chi connectivity index (χ2v) is 12.9. The van der Waals surface area contributed by atoms with Gasteiger partial charge in [0.25, 0.3) is 0 Å². The number of hydrogen-bond acceptors (Lipinski definition) is 6. The van der Waals surface area contributed by atoms with Crippen molar-refractivity contribution in [3.8, 4) is 5.75 Å². The van der Waals surface area contributed by atoms with E-state index in [0.29, 0.717) is 37.3 Å². The van der Waals surface area contributed by atoms with Gasteiger partial charge in [-0.1, -0.05) is 82.4 Å². The minimum absolute atomic E-state index is 0.0343. The molecule has 1 fully saturated rings. The fourth-order valence-corrected chi connectivity index (χ4v) is 5.38. The molecule has 0 bridgehead atoms. The van der Waals surface area contributed by atoms with Crippen LogP contribution < -0.4 is 15.4 Å². The number of methoxy groups -OCH3 is 1. The lowest BCUT2D eigenvalue weighted by Gasteiger charge is -2.26. The van der Waals surface area contributed by atoms with Crippen LogP contribution in [0.5, 0.6) is 5.75 Å². The van der Waals surface area contributed by atoms with E-state index >= 15 is 0 Å². The predicted molar refractivity (Wildman–Crippen MR) is 170 cm³/mol. The molecule has 7 nitrogen and oxygen atoms in total. The number of epoxide rings is 1. The Labute approximate surface area is 256 Å². The third kappa shape index (κ3) is 10.3. The molecule has 3 rings (SSSR count).